The van der Waals surface area contributed by atoms with Crippen molar-refractivity contribution < 1.29 is 9.90 Å². The van der Waals surface area contributed by atoms with Gasteiger partial charge >= 0.3 is 5.97 Å². The molecule has 0 saturated heterocycles. The van der Waals surface area contributed by atoms with Gasteiger partial charge in [-0.1, -0.05) is 47.7 Å². The summed E-state index contributed by atoms with van der Waals surface area (Å²) < 4.78 is 1.11. The minimum absolute atomic E-state index is 0.0530. The van der Waals surface area contributed by atoms with E-state index < -0.39 is 5.97 Å². The van der Waals surface area contributed by atoms with E-state index in [0.717, 1.165) is 25.8 Å². The number of carboxylic acids is 1. The lowest BCUT2D eigenvalue weighted by molar-refractivity contribution is -0.136. The fraction of sp³-hybridized carbons (Fsp3) is 0.105. The van der Waals surface area contributed by atoms with E-state index >= 15 is 0 Å². The zero-order chi connectivity index (χ0) is 18.1. The van der Waals surface area contributed by atoms with Crippen LogP contribution in [0.4, 0.5) is 10.3 Å². The van der Waals surface area contributed by atoms with E-state index in [0.29, 0.717) is 10.8 Å². The number of rotatable bonds is 5. The molecule has 0 aliphatic carbocycles. The van der Waals surface area contributed by atoms with Gasteiger partial charge in [0.25, 0.3) is 0 Å². The molecular weight excluding hydrogens is 366 g/mol. The predicted octanol–water partition coefficient (Wildman–Crippen LogP) is 5.10. The van der Waals surface area contributed by atoms with Gasteiger partial charge in [-0.15, -0.1) is 11.3 Å². The number of nitrogens with one attached hydrogen (secondary N) is 1. The van der Waals surface area contributed by atoms with E-state index in [-0.39, 0.29) is 6.42 Å². The zero-order valence-corrected chi connectivity index (χ0v) is 15.5. The third-order valence-electron chi connectivity index (χ3n) is 3.81. The van der Waals surface area contributed by atoms with Gasteiger partial charge in [-0.2, -0.15) is 0 Å². The van der Waals surface area contributed by atoms with Crippen LogP contribution in [0.25, 0.3) is 21.5 Å². The molecule has 2 aromatic heterocycles. The number of fused-ring (bicyclic) bond motifs is 1. The number of aliphatic carboxylic acids is 1. The molecule has 2 N–H and O–H groups in total. The number of aromatic nitrogens is 2. The van der Waals surface area contributed by atoms with Crippen LogP contribution in [0, 0.1) is 6.92 Å². The molecule has 4 aromatic rings. The topological polar surface area (TPSA) is 75.1 Å². The first-order valence-corrected chi connectivity index (χ1v) is 9.63. The van der Waals surface area contributed by atoms with E-state index in [2.05, 4.69) is 28.3 Å². The van der Waals surface area contributed by atoms with Crippen LogP contribution in [-0.4, -0.2) is 21.0 Å². The highest BCUT2D eigenvalue weighted by Crippen LogP contribution is 2.35. The number of thiazole rings is 2. The maximum atomic E-state index is 11.2. The van der Waals surface area contributed by atoms with Crippen LogP contribution < -0.4 is 5.32 Å². The van der Waals surface area contributed by atoms with Crippen molar-refractivity contribution >= 4 is 49.1 Å². The molecule has 0 aliphatic heterocycles. The van der Waals surface area contributed by atoms with Crippen LogP contribution in [0.15, 0.2) is 48.5 Å². The average molecular weight is 381 g/mol. The van der Waals surface area contributed by atoms with E-state index in [4.69, 9.17) is 0 Å². The van der Waals surface area contributed by atoms with Gasteiger partial charge in [-0.05, 0) is 24.6 Å². The van der Waals surface area contributed by atoms with Crippen molar-refractivity contribution in [2.45, 2.75) is 13.3 Å². The number of aryl methyl sites for hydroxylation is 1. The van der Waals surface area contributed by atoms with Crippen LogP contribution in [0.3, 0.4) is 0 Å². The highest BCUT2D eigenvalue weighted by molar-refractivity contribution is 7.22. The fourth-order valence-electron chi connectivity index (χ4n) is 2.66. The number of hydrogen-bond acceptors (Lipinski definition) is 6. The van der Waals surface area contributed by atoms with Gasteiger partial charge < -0.3 is 10.4 Å². The minimum Gasteiger partial charge on any atom is -0.481 e. The van der Waals surface area contributed by atoms with Crippen LogP contribution in [-0.2, 0) is 11.2 Å². The molecular formula is C19H15N3O2S2. The largest absolute Gasteiger partial charge is 0.481 e. The smallest absolute Gasteiger partial charge is 0.308 e. The summed E-state index contributed by atoms with van der Waals surface area (Å²) in [7, 11) is 0. The number of hydrogen-bond donors (Lipinski definition) is 2. The lowest BCUT2D eigenvalue weighted by Gasteiger charge is -1.99. The molecule has 0 saturated carbocycles. The molecule has 2 aromatic carbocycles. The summed E-state index contributed by atoms with van der Waals surface area (Å²) in [5.74, 6) is -0.868. The fourth-order valence-corrected chi connectivity index (χ4v) is 4.66. The molecule has 0 atom stereocenters. The quantitative estimate of drug-likeness (QED) is 0.503. The molecule has 130 valence electrons. The normalized spacial score (nSPS) is 11.0. The zero-order valence-electron chi connectivity index (χ0n) is 13.9. The minimum atomic E-state index is -0.868. The van der Waals surface area contributed by atoms with Gasteiger partial charge in [0.15, 0.2) is 10.3 Å². The Labute approximate surface area is 158 Å². The Morgan fingerprint density at radius 2 is 1.85 bits per heavy atom. The van der Waals surface area contributed by atoms with Crippen molar-refractivity contribution in [3.05, 3.63) is 59.0 Å². The first-order valence-electron chi connectivity index (χ1n) is 7.99. The van der Waals surface area contributed by atoms with E-state index in [1.165, 1.54) is 16.9 Å². The van der Waals surface area contributed by atoms with Crippen molar-refractivity contribution in [1.29, 1.82) is 0 Å². The summed E-state index contributed by atoms with van der Waals surface area (Å²) >= 11 is 2.91. The van der Waals surface area contributed by atoms with Crippen molar-refractivity contribution in [2.75, 3.05) is 5.32 Å². The van der Waals surface area contributed by atoms with Crippen LogP contribution in [0.2, 0.25) is 0 Å². The second-order valence-corrected chi connectivity index (χ2v) is 7.96. The molecule has 0 amide bonds. The van der Waals surface area contributed by atoms with Gasteiger partial charge in [0.1, 0.15) is 0 Å². The summed E-state index contributed by atoms with van der Waals surface area (Å²) in [4.78, 5) is 21.1. The second kappa shape index (κ2) is 6.86. The Balaban J connectivity index is 1.69. The van der Waals surface area contributed by atoms with E-state index in [1.54, 1.807) is 11.3 Å². The van der Waals surface area contributed by atoms with Gasteiger partial charge in [-0.25, -0.2) is 9.97 Å². The molecule has 2 heterocycles. The molecule has 0 fully saturated rings. The molecule has 4 rings (SSSR count). The van der Waals surface area contributed by atoms with Crippen molar-refractivity contribution in [3.8, 4) is 11.3 Å². The number of benzene rings is 2. The van der Waals surface area contributed by atoms with Gasteiger partial charge in [0.2, 0.25) is 0 Å². The highest BCUT2D eigenvalue weighted by Gasteiger charge is 2.16. The predicted molar refractivity (Wildman–Crippen MR) is 107 cm³/mol. The number of carboxylic acid groups (broad SMARTS) is 1. The third kappa shape index (κ3) is 3.44. The molecule has 26 heavy (non-hydrogen) atoms. The summed E-state index contributed by atoms with van der Waals surface area (Å²) in [6, 6.07) is 15.8. The SMILES string of the molecule is Cc1ccc2nc(Nc3nc(-c4ccccc4)c(CC(=O)O)s3)sc2c1. The molecule has 0 aliphatic rings. The summed E-state index contributed by atoms with van der Waals surface area (Å²) in [6.45, 7) is 2.05. The van der Waals surface area contributed by atoms with E-state index in [9.17, 15) is 9.90 Å². The standard InChI is InChI=1S/C19H15N3O2S2/c1-11-7-8-13-14(9-11)25-18(20-13)22-19-21-17(12-5-3-2-4-6-12)15(26-19)10-16(23)24/h2-9H,10H2,1H3,(H,23,24)(H,20,21,22). The molecule has 7 heteroatoms. The van der Waals surface area contributed by atoms with Crippen molar-refractivity contribution in [2.24, 2.45) is 0 Å². The van der Waals surface area contributed by atoms with Gasteiger partial charge in [-0.3, -0.25) is 4.79 Å². The van der Waals surface area contributed by atoms with Crippen molar-refractivity contribution in [1.82, 2.24) is 9.97 Å². The Morgan fingerprint density at radius 1 is 1.08 bits per heavy atom. The highest BCUT2D eigenvalue weighted by atomic mass is 32.1. The Bertz CT molecular complexity index is 1090. The Morgan fingerprint density at radius 3 is 2.62 bits per heavy atom. The van der Waals surface area contributed by atoms with Crippen LogP contribution in [0.1, 0.15) is 10.4 Å². The van der Waals surface area contributed by atoms with Gasteiger partial charge in [0.05, 0.1) is 22.3 Å². The van der Waals surface area contributed by atoms with Crippen LogP contribution in [0.5, 0.6) is 0 Å². The summed E-state index contributed by atoms with van der Waals surface area (Å²) in [5.41, 5.74) is 3.75. The maximum Gasteiger partial charge on any atom is 0.308 e. The van der Waals surface area contributed by atoms with Crippen LogP contribution >= 0.6 is 22.7 Å². The van der Waals surface area contributed by atoms with Gasteiger partial charge in [0, 0.05) is 10.4 Å². The van der Waals surface area contributed by atoms with E-state index in [1.807, 2.05) is 42.5 Å². The maximum absolute atomic E-state index is 11.2. The molecule has 0 unspecified atom stereocenters. The molecule has 0 spiro atoms. The lowest BCUT2D eigenvalue weighted by Crippen LogP contribution is -1.99. The van der Waals surface area contributed by atoms with Crippen molar-refractivity contribution in [3.63, 3.8) is 0 Å². The number of nitrogens with zero attached hydrogens (tertiary/aromatic N) is 2. The first-order chi connectivity index (χ1) is 12.6. The summed E-state index contributed by atoms with van der Waals surface area (Å²) in [5, 5.41) is 13.8. The molecule has 0 bridgehead atoms. The Hall–Kier alpha value is -2.77. The third-order valence-corrected chi connectivity index (χ3v) is 5.72. The summed E-state index contributed by atoms with van der Waals surface area (Å²) in [6.07, 6.45) is -0.0530. The Kier molecular flexibility index (Phi) is 4.40. The monoisotopic (exact) mass is 381 g/mol. The first kappa shape index (κ1) is 16.7. The molecule has 0 radical (unpaired) electrons. The number of carbonyl (C=O) groups is 1. The number of anilines is 2. The lowest BCUT2D eigenvalue weighted by atomic mass is 10.1. The second-order valence-electron chi connectivity index (χ2n) is 5.84. The molecule has 5 nitrogen and oxygen atoms in total. The average Bonchev–Trinajstić information content (AvgIpc) is 3.18.